The molecule has 42 heavy (non-hydrogen) atoms. The van der Waals surface area contributed by atoms with Gasteiger partial charge in [-0.1, -0.05) is 127 Å². The maximum absolute atomic E-state index is 13.3. The van der Waals surface area contributed by atoms with Gasteiger partial charge in [0.25, 0.3) is 0 Å². The third-order valence-electron chi connectivity index (χ3n) is 6.15. The van der Waals surface area contributed by atoms with Crippen molar-refractivity contribution in [3.63, 3.8) is 0 Å². The van der Waals surface area contributed by atoms with Gasteiger partial charge >= 0.3 is 5.97 Å². The molecule has 214 valence electrons. The lowest BCUT2D eigenvalue weighted by Crippen LogP contribution is -2.46. The summed E-state index contributed by atoms with van der Waals surface area (Å²) in [5.41, 5.74) is 2.59. The molecule has 2 atom stereocenters. The fourth-order valence-corrected chi connectivity index (χ4v) is 5.85. The molecule has 0 aliphatic rings. The number of hydrogen-bond acceptors (Lipinski definition) is 7. The maximum Gasteiger partial charge on any atom is 0.326 e. The van der Waals surface area contributed by atoms with Crippen LogP contribution >= 0.6 is 23.5 Å². The number of aliphatic carboxylic acids is 1. The number of carbonyl (C=O) groups excluding carboxylic acids is 3. The van der Waals surface area contributed by atoms with E-state index < -0.39 is 23.2 Å². The molecule has 1 amide bonds. The van der Waals surface area contributed by atoms with Crippen molar-refractivity contribution < 1.29 is 29.0 Å². The van der Waals surface area contributed by atoms with Gasteiger partial charge in [-0.2, -0.15) is 0 Å². The first-order valence-electron chi connectivity index (χ1n) is 13.2. The summed E-state index contributed by atoms with van der Waals surface area (Å²) in [6.45, 7) is 0.402. The molecule has 0 radical (unpaired) electrons. The van der Waals surface area contributed by atoms with Gasteiger partial charge in [0.05, 0.1) is 0 Å². The highest BCUT2D eigenvalue weighted by Gasteiger charge is 2.29. The first-order chi connectivity index (χ1) is 20.4. The first kappa shape index (κ1) is 30.6. The molecule has 0 heterocycles. The standard InChI is InChI=1S/C33H29NO6S2/c35-30(29(42-33(39)26-14-8-3-9-15-26)22-41-32(38)25-12-6-2-7-13-25)34-28(31(36)37)20-23-16-18-27(19-17-23)40-21-24-10-4-1-5-11-24/h1-19,28-29H,20-22H2,(H,34,35)(H,36,37)/t28-,29?/m0/s1. The summed E-state index contributed by atoms with van der Waals surface area (Å²) in [6, 6.07) is 32.6. The summed E-state index contributed by atoms with van der Waals surface area (Å²) >= 11 is 1.69. The average molecular weight is 600 g/mol. The molecule has 9 heteroatoms. The van der Waals surface area contributed by atoms with Crippen molar-refractivity contribution in [3.05, 3.63) is 138 Å². The number of ether oxygens (including phenoxy) is 1. The summed E-state index contributed by atoms with van der Waals surface area (Å²) < 4.78 is 5.80. The van der Waals surface area contributed by atoms with Crippen LogP contribution in [0.2, 0.25) is 0 Å². The molecule has 4 rings (SSSR count). The zero-order chi connectivity index (χ0) is 29.7. The third kappa shape index (κ3) is 9.36. The Morgan fingerprint density at radius 1 is 0.690 bits per heavy atom. The summed E-state index contributed by atoms with van der Waals surface area (Å²) in [7, 11) is 0. The van der Waals surface area contributed by atoms with Gasteiger partial charge in [0, 0.05) is 23.3 Å². The van der Waals surface area contributed by atoms with Gasteiger partial charge in [0.2, 0.25) is 16.1 Å². The van der Waals surface area contributed by atoms with E-state index in [1.807, 2.05) is 30.3 Å². The van der Waals surface area contributed by atoms with Gasteiger partial charge in [-0.15, -0.1) is 0 Å². The third-order valence-corrected chi connectivity index (χ3v) is 8.48. The summed E-state index contributed by atoms with van der Waals surface area (Å²) in [5, 5.41) is 10.9. The number of carboxylic acid groups (broad SMARTS) is 1. The quantitative estimate of drug-likeness (QED) is 0.196. The predicted octanol–water partition coefficient (Wildman–Crippen LogP) is 5.89. The SMILES string of the molecule is O=C(SCC(SC(=O)c1ccccc1)C(=O)N[C@@H](Cc1ccc(OCc2ccccc2)cc1)C(=O)O)c1ccccc1. The van der Waals surface area contributed by atoms with E-state index in [0.717, 1.165) is 29.1 Å². The molecule has 0 spiro atoms. The first-order valence-corrected chi connectivity index (χ1v) is 15.0. The van der Waals surface area contributed by atoms with Crippen LogP contribution in [0.5, 0.6) is 5.75 Å². The van der Waals surface area contributed by atoms with Crippen molar-refractivity contribution >= 4 is 45.6 Å². The van der Waals surface area contributed by atoms with Gasteiger partial charge in [-0.3, -0.25) is 14.4 Å². The lowest BCUT2D eigenvalue weighted by atomic mass is 10.1. The number of hydrogen-bond donors (Lipinski definition) is 2. The monoisotopic (exact) mass is 599 g/mol. The van der Waals surface area contributed by atoms with E-state index in [0.29, 0.717) is 29.0 Å². The van der Waals surface area contributed by atoms with Crippen LogP contribution in [-0.2, 0) is 22.6 Å². The molecular weight excluding hydrogens is 570 g/mol. The Labute approximate surface area is 252 Å². The highest BCUT2D eigenvalue weighted by molar-refractivity contribution is 8.18. The summed E-state index contributed by atoms with van der Waals surface area (Å²) in [6.07, 6.45) is 0.0279. The number of thioether (sulfide) groups is 2. The fraction of sp³-hybridized carbons (Fsp3) is 0.152. The highest BCUT2D eigenvalue weighted by atomic mass is 32.2. The van der Waals surface area contributed by atoms with Crippen molar-refractivity contribution in [1.29, 1.82) is 0 Å². The van der Waals surface area contributed by atoms with Gasteiger partial charge in [0.15, 0.2) is 0 Å². The van der Waals surface area contributed by atoms with E-state index >= 15 is 0 Å². The molecule has 0 saturated heterocycles. The molecular formula is C33H29NO6S2. The fourth-order valence-electron chi connectivity index (χ4n) is 3.91. The second-order valence-corrected chi connectivity index (χ2v) is 11.4. The van der Waals surface area contributed by atoms with Crippen LogP contribution < -0.4 is 10.1 Å². The number of carboxylic acids is 1. The molecule has 4 aromatic rings. The Kier molecular flexibility index (Phi) is 11.4. The molecule has 0 fully saturated rings. The molecule has 1 unspecified atom stereocenters. The second kappa shape index (κ2) is 15.6. The van der Waals surface area contributed by atoms with Crippen LogP contribution in [0.4, 0.5) is 0 Å². The highest BCUT2D eigenvalue weighted by Crippen LogP contribution is 2.24. The van der Waals surface area contributed by atoms with Crippen molar-refractivity contribution in [2.45, 2.75) is 24.3 Å². The molecule has 0 saturated carbocycles. The largest absolute Gasteiger partial charge is 0.489 e. The van der Waals surface area contributed by atoms with Crippen molar-refractivity contribution in [2.75, 3.05) is 5.75 Å². The number of nitrogens with one attached hydrogen (secondary N) is 1. The minimum atomic E-state index is -1.24. The van der Waals surface area contributed by atoms with Crippen LogP contribution in [0, 0.1) is 0 Å². The molecule has 4 aromatic carbocycles. The Morgan fingerprint density at radius 3 is 1.81 bits per heavy atom. The van der Waals surface area contributed by atoms with Gasteiger partial charge < -0.3 is 15.2 Å². The summed E-state index contributed by atoms with van der Waals surface area (Å²) in [5.74, 6) is -1.22. The smallest absolute Gasteiger partial charge is 0.326 e. The Hall–Kier alpha value is -4.34. The minimum Gasteiger partial charge on any atom is -0.489 e. The van der Waals surface area contributed by atoms with Gasteiger partial charge in [-0.05, 0) is 23.3 Å². The van der Waals surface area contributed by atoms with Gasteiger partial charge in [0.1, 0.15) is 23.6 Å². The van der Waals surface area contributed by atoms with Crippen LogP contribution in [0.25, 0.3) is 0 Å². The van der Waals surface area contributed by atoms with Crippen LogP contribution in [-0.4, -0.2) is 44.3 Å². The van der Waals surface area contributed by atoms with E-state index in [1.165, 1.54) is 0 Å². The number of amides is 1. The zero-order valence-corrected chi connectivity index (χ0v) is 24.2. The molecule has 0 aromatic heterocycles. The molecule has 2 N–H and O–H groups in total. The number of rotatable bonds is 13. The van der Waals surface area contributed by atoms with E-state index in [-0.39, 0.29) is 22.4 Å². The Bertz CT molecular complexity index is 1480. The van der Waals surface area contributed by atoms with Crippen LogP contribution in [0.1, 0.15) is 31.8 Å². The van der Waals surface area contributed by atoms with Crippen LogP contribution in [0.3, 0.4) is 0 Å². The predicted molar refractivity (Wildman–Crippen MR) is 166 cm³/mol. The number of carbonyl (C=O) groups is 4. The zero-order valence-electron chi connectivity index (χ0n) is 22.6. The van der Waals surface area contributed by atoms with E-state index in [9.17, 15) is 24.3 Å². The second-order valence-electron chi connectivity index (χ2n) is 9.25. The molecule has 0 bridgehead atoms. The molecule has 0 aliphatic carbocycles. The molecule has 0 aliphatic heterocycles. The van der Waals surface area contributed by atoms with Crippen molar-refractivity contribution in [2.24, 2.45) is 0 Å². The Balaban J connectivity index is 1.41. The van der Waals surface area contributed by atoms with Crippen molar-refractivity contribution in [1.82, 2.24) is 5.32 Å². The maximum atomic E-state index is 13.3. The van der Waals surface area contributed by atoms with E-state index in [4.69, 9.17) is 4.74 Å². The average Bonchev–Trinajstić information content (AvgIpc) is 3.03. The van der Waals surface area contributed by atoms with Gasteiger partial charge in [-0.25, -0.2) is 4.79 Å². The van der Waals surface area contributed by atoms with Crippen LogP contribution in [0.15, 0.2) is 115 Å². The Morgan fingerprint density at radius 2 is 1.24 bits per heavy atom. The van der Waals surface area contributed by atoms with Crippen molar-refractivity contribution in [3.8, 4) is 5.75 Å². The topological polar surface area (TPSA) is 110 Å². The minimum absolute atomic E-state index is 0.0113. The lowest BCUT2D eigenvalue weighted by Gasteiger charge is -2.20. The summed E-state index contributed by atoms with van der Waals surface area (Å²) in [4.78, 5) is 51.1. The number of benzene rings is 4. The molecule has 7 nitrogen and oxygen atoms in total. The lowest BCUT2D eigenvalue weighted by molar-refractivity contribution is -0.141. The normalized spacial score (nSPS) is 12.1. The van der Waals surface area contributed by atoms with E-state index in [1.54, 1.807) is 84.9 Å². The van der Waals surface area contributed by atoms with E-state index in [2.05, 4.69) is 5.32 Å².